The summed E-state index contributed by atoms with van der Waals surface area (Å²) in [6, 6.07) is 44.0. The predicted molar refractivity (Wildman–Crippen MR) is 202 cm³/mol. The van der Waals surface area contributed by atoms with E-state index in [-0.39, 0.29) is 5.92 Å². The maximum absolute atomic E-state index is 10.4. The van der Waals surface area contributed by atoms with E-state index in [2.05, 4.69) is 113 Å². The third-order valence-corrected chi connectivity index (χ3v) is 9.94. The van der Waals surface area contributed by atoms with Crippen molar-refractivity contribution in [3.05, 3.63) is 161 Å². The van der Waals surface area contributed by atoms with Crippen LogP contribution in [0, 0.1) is 40.9 Å². The maximum atomic E-state index is 10.4. The fourth-order valence-corrected chi connectivity index (χ4v) is 7.62. The van der Waals surface area contributed by atoms with Gasteiger partial charge in [-0.25, -0.2) is 0 Å². The minimum Gasteiger partial charge on any atom is -0.309 e. The molecule has 5 heteroatoms. The molecule has 1 aliphatic rings. The van der Waals surface area contributed by atoms with Gasteiger partial charge in [-0.2, -0.15) is 15.8 Å². The van der Waals surface area contributed by atoms with Gasteiger partial charge < -0.3 is 9.13 Å². The Morgan fingerprint density at radius 2 is 1.48 bits per heavy atom. The number of aromatic nitrogens is 2. The molecule has 236 valence electrons. The van der Waals surface area contributed by atoms with Crippen LogP contribution in [0.2, 0.25) is 0 Å². The number of hydrogen-bond donors (Lipinski definition) is 0. The molecule has 0 spiro atoms. The normalized spacial score (nSPS) is 14.4. The zero-order chi connectivity index (χ0) is 34.4. The van der Waals surface area contributed by atoms with E-state index >= 15 is 0 Å². The van der Waals surface area contributed by atoms with Crippen LogP contribution in [0.5, 0.6) is 0 Å². The summed E-state index contributed by atoms with van der Waals surface area (Å²) >= 11 is 0. The summed E-state index contributed by atoms with van der Waals surface area (Å²) in [6.07, 6.45) is 9.07. The molecule has 5 aromatic carbocycles. The lowest BCUT2D eigenvalue weighted by Gasteiger charge is -2.22. The van der Waals surface area contributed by atoms with E-state index in [0.29, 0.717) is 23.1 Å². The molecule has 0 aliphatic heterocycles. The summed E-state index contributed by atoms with van der Waals surface area (Å²) in [4.78, 5) is 0. The standard InChI is InChI=1S/C45H31N5/c1-3-9-40-29(2)39-24-30(26-46)16-23-43(39)50(40)41-13-6-4-11-37(41)32-19-17-31(18-20-32)36-22-21-35(25-34(36)28-48)49-42-14-7-5-12-38(42)45-33(27-47)10-8-15-44(45)49/h3-21,23-25,36H,22H2,1-2H3/b9-3-. The highest BCUT2D eigenvalue weighted by Gasteiger charge is 2.24. The summed E-state index contributed by atoms with van der Waals surface area (Å²) in [5.41, 5.74) is 12.5. The number of allylic oxidation sites excluding steroid dienone is 5. The van der Waals surface area contributed by atoms with Gasteiger partial charge in [0.2, 0.25) is 0 Å². The van der Waals surface area contributed by atoms with Gasteiger partial charge in [-0.05, 0) is 91.6 Å². The first-order valence-corrected chi connectivity index (χ1v) is 16.7. The second-order valence-corrected chi connectivity index (χ2v) is 12.6. The Kier molecular flexibility index (Phi) is 7.49. The third kappa shape index (κ3) is 4.75. The van der Waals surface area contributed by atoms with Crippen LogP contribution in [-0.4, -0.2) is 9.13 Å². The van der Waals surface area contributed by atoms with E-state index in [1.165, 1.54) is 0 Å². The first-order valence-electron chi connectivity index (χ1n) is 16.7. The minimum absolute atomic E-state index is 0.0672. The molecule has 0 fully saturated rings. The van der Waals surface area contributed by atoms with Crippen LogP contribution in [-0.2, 0) is 0 Å². The van der Waals surface area contributed by atoms with Crippen LogP contribution in [0.4, 0.5) is 0 Å². The fraction of sp³-hybridized carbons (Fsp3) is 0.0889. The van der Waals surface area contributed by atoms with Gasteiger partial charge in [0.05, 0.1) is 51.6 Å². The Morgan fingerprint density at radius 1 is 0.720 bits per heavy atom. The first-order chi connectivity index (χ1) is 24.6. The molecule has 5 nitrogen and oxygen atoms in total. The van der Waals surface area contributed by atoms with Crippen molar-refractivity contribution in [1.29, 1.82) is 15.8 Å². The van der Waals surface area contributed by atoms with Gasteiger partial charge in [-0.3, -0.25) is 0 Å². The van der Waals surface area contributed by atoms with E-state index < -0.39 is 0 Å². The topological polar surface area (TPSA) is 81.2 Å². The van der Waals surface area contributed by atoms with E-state index in [4.69, 9.17) is 0 Å². The zero-order valence-corrected chi connectivity index (χ0v) is 27.7. The van der Waals surface area contributed by atoms with Crippen molar-refractivity contribution in [2.24, 2.45) is 0 Å². The number of para-hydroxylation sites is 2. The summed E-state index contributed by atoms with van der Waals surface area (Å²) in [5, 5.41) is 32.9. The SMILES string of the molecule is C/C=C\c1c(C)c2cc(C#N)ccc2n1-c1ccccc1-c1ccc(C2CC=C(n3c4ccccc4c4c(C#N)cccc43)C=C2C#N)cc1. The Labute approximate surface area is 290 Å². The molecule has 1 unspecified atom stereocenters. The van der Waals surface area contributed by atoms with Crippen molar-refractivity contribution in [2.75, 3.05) is 0 Å². The van der Waals surface area contributed by atoms with E-state index in [1.54, 1.807) is 0 Å². The predicted octanol–water partition coefficient (Wildman–Crippen LogP) is 11.0. The number of nitrogens with zero attached hydrogens (tertiary/aromatic N) is 5. The summed E-state index contributed by atoms with van der Waals surface area (Å²) in [6.45, 7) is 4.13. The average Bonchev–Trinajstić information content (AvgIpc) is 3.65. The zero-order valence-electron chi connectivity index (χ0n) is 27.7. The Morgan fingerprint density at radius 3 is 2.26 bits per heavy atom. The lowest BCUT2D eigenvalue weighted by molar-refractivity contribution is 0.818. The summed E-state index contributed by atoms with van der Waals surface area (Å²) in [5.74, 6) is -0.0672. The largest absolute Gasteiger partial charge is 0.309 e. The molecule has 0 saturated heterocycles. The number of aryl methyl sites for hydroxylation is 1. The van der Waals surface area contributed by atoms with Gasteiger partial charge in [0.25, 0.3) is 0 Å². The molecule has 0 radical (unpaired) electrons. The molecule has 1 aliphatic carbocycles. The van der Waals surface area contributed by atoms with Gasteiger partial charge in [0.1, 0.15) is 0 Å². The maximum Gasteiger partial charge on any atom is 0.0998 e. The van der Waals surface area contributed by atoms with Crippen molar-refractivity contribution in [3.8, 4) is 35.0 Å². The van der Waals surface area contributed by atoms with Crippen LogP contribution in [0.3, 0.4) is 0 Å². The van der Waals surface area contributed by atoms with Crippen LogP contribution in [0.1, 0.15) is 47.2 Å². The van der Waals surface area contributed by atoms with E-state index in [1.807, 2.05) is 61.5 Å². The van der Waals surface area contributed by atoms with Gasteiger partial charge in [0, 0.05) is 44.6 Å². The van der Waals surface area contributed by atoms with Crippen molar-refractivity contribution in [3.63, 3.8) is 0 Å². The smallest absolute Gasteiger partial charge is 0.0998 e. The van der Waals surface area contributed by atoms with Gasteiger partial charge in [-0.15, -0.1) is 0 Å². The second kappa shape index (κ2) is 12.3. The summed E-state index contributed by atoms with van der Waals surface area (Å²) in [7, 11) is 0. The third-order valence-electron chi connectivity index (χ3n) is 9.94. The van der Waals surface area contributed by atoms with Crippen molar-refractivity contribution in [2.45, 2.75) is 26.2 Å². The fourth-order valence-electron chi connectivity index (χ4n) is 7.62. The molecule has 2 aromatic heterocycles. The monoisotopic (exact) mass is 641 g/mol. The van der Waals surface area contributed by atoms with Crippen molar-refractivity contribution in [1.82, 2.24) is 9.13 Å². The van der Waals surface area contributed by atoms with Crippen LogP contribution < -0.4 is 0 Å². The quantitative estimate of drug-likeness (QED) is 0.187. The van der Waals surface area contributed by atoms with E-state index in [0.717, 1.165) is 72.0 Å². The lowest BCUT2D eigenvalue weighted by Crippen LogP contribution is -2.08. The second-order valence-electron chi connectivity index (χ2n) is 12.6. The molecule has 7 aromatic rings. The molecule has 50 heavy (non-hydrogen) atoms. The van der Waals surface area contributed by atoms with Gasteiger partial charge in [0.15, 0.2) is 0 Å². The number of rotatable bonds is 5. The van der Waals surface area contributed by atoms with Crippen molar-refractivity contribution >= 4 is 44.5 Å². The average molecular weight is 642 g/mol. The number of benzene rings is 5. The highest BCUT2D eigenvalue weighted by atomic mass is 15.0. The molecule has 8 rings (SSSR count). The molecule has 0 bridgehead atoms. The molecule has 1 atom stereocenters. The molecular formula is C45H31N5. The first kappa shape index (κ1) is 30.5. The summed E-state index contributed by atoms with van der Waals surface area (Å²) < 4.78 is 4.46. The number of nitriles is 3. The molecule has 0 N–H and O–H groups in total. The molecule has 2 heterocycles. The van der Waals surface area contributed by atoms with E-state index in [9.17, 15) is 15.8 Å². The van der Waals surface area contributed by atoms with Gasteiger partial charge >= 0.3 is 0 Å². The van der Waals surface area contributed by atoms with Crippen LogP contribution >= 0.6 is 0 Å². The highest BCUT2D eigenvalue weighted by Crippen LogP contribution is 2.40. The van der Waals surface area contributed by atoms with Crippen LogP contribution in [0.25, 0.3) is 61.3 Å². The Balaban J connectivity index is 1.17. The molecule has 0 saturated carbocycles. The molecular weight excluding hydrogens is 611 g/mol. The molecule has 0 amide bonds. The number of fused-ring (bicyclic) bond motifs is 4. The number of hydrogen-bond acceptors (Lipinski definition) is 3. The lowest BCUT2D eigenvalue weighted by atomic mass is 9.84. The van der Waals surface area contributed by atoms with Crippen LogP contribution in [0.15, 0.2) is 133 Å². The Bertz CT molecular complexity index is 2730. The van der Waals surface area contributed by atoms with Gasteiger partial charge in [-0.1, -0.05) is 78.9 Å². The van der Waals surface area contributed by atoms with Crippen molar-refractivity contribution < 1.29 is 0 Å². The Hall–Kier alpha value is -6.87. The minimum atomic E-state index is -0.0672. The highest BCUT2D eigenvalue weighted by molar-refractivity contribution is 6.13.